The van der Waals surface area contributed by atoms with Crippen molar-refractivity contribution in [2.45, 2.75) is 13.0 Å². The number of aromatic nitrogens is 1. The number of aryl methyl sites for hydroxylation is 1. The molecule has 7 heteroatoms. The van der Waals surface area contributed by atoms with E-state index >= 15 is 0 Å². The largest absolute Gasteiger partial charge is 0.394 e. The first-order valence-corrected chi connectivity index (χ1v) is 8.41. The number of morpholine rings is 1. The molecule has 0 aromatic carbocycles. The molecule has 1 saturated heterocycles. The van der Waals surface area contributed by atoms with E-state index in [1.54, 1.807) is 16.2 Å². The monoisotopic (exact) mass is 324 g/mol. The van der Waals surface area contributed by atoms with Crippen LogP contribution in [0.2, 0.25) is 0 Å². The SMILES string of the molecule is Cc1nc(-c2cccs2)sc1C(=O)N1CCOC(CO)C1. The quantitative estimate of drug-likeness (QED) is 0.938. The molecule has 2 aromatic heterocycles. The van der Waals surface area contributed by atoms with Crippen molar-refractivity contribution in [1.29, 1.82) is 0 Å². The fraction of sp³-hybridized carbons (Fsp3) is 0.429. The van der Waals surface area contributed by atoms with Gasteiger partial charge < -0.3 is 14.7 Å². The van der Waals surface area contributed by atoms with Crippen LogP contribution in [-0.2, 0) is 4.74 Å². The molecule has 21 heavy (non-hydrogen) atoms. The first-order chi connectivity index (χ1) is 10.2. The molecule has 3 heterocycles. The lowest BCUT2D eigenvalue weighted by molar-refractivity contribution is -0.0446. The molecule has 1 unspecified atom stereocenters. The molecule has 1 atom stereocenters. The third kappa shape index (κ3) is 3.01. The number of nitrogens with zero attached hydrogens (tertiary/aromatic N) is 2. The van der Waals surface area contributed by atoms with Crippen molar-refractivity contribution in [3.05, 3.63) is 28.1 Å². The highest BCUT2D eigenvalue weighted by atomic mass is 32.1. The van der Waals surface area contributed by atoms with Gasteiger partial charge in [-0.05, 0) is 18.4 Å². The predicted molar refractivity (Wildman–Crippen MR) is 82.9 cm³/mol. The Morgan fingerprint density at radius 2 is 2.48 bits per heavy atom. The zero-order valence-corrected chi connectivity index (χ0v) is 13.2. The lowest BCUT2D eigenvalue weighted by Crippen LogP contribution is -2.46. The number of carbonyl (C=O) groups is 1. The summed E-state index contributed by atoms with van der Waals surface area (Å²) < 4.78 is 5.38. The molecule has 3 rings (SSSR count). The number of hydrogen-bond donors (Lipinski definition) is 1. The minimum absolute atomic E-state index is 0.0189. The number of carbonyl (C=O) groups excluding carboxylic acids is 1. The second kappa shape index (κ2) is 6.23. The molecule has 0 radical (unpaired) electrons. The van der Waals surface area contributed by atoms with E-state index in [2.05, 4.69) is 4.98 Å². The van der Waals surface area contributed by atoms with Gasteiger partial charge in [0, 0.05) is 13.1 Å². The highest BCUT2D eigenvalue weighted by molar-refractivity contribution is 7.22. The molecule has 5 nitrogen and oxygen atoms in total. The standard InChI is InChI=1S/C14H16N2O3S2/c1-9-12(21-13(15-9)11-3-2-6-20-11)14(18)16-4-5-19-10(7-16)8-17/h2-3,6,10,17H,4-5,7-8H2,1H3. The highest BCUT2D eigenvalue weighted by Crippen LogP contribution is 2.31. The molecule has 1 N–H and O–H groups in total. The van der Waals surface area contributed by atoms with Crippen LogP contribution < -0.4 is 0 Å². The Hall–Kier alpha value is -1.28. The van der Waals surface area contributed by atoms with E-state index in [0.29, 0.717) is 24.6 Å². The van der Waals surface area contributed by atoms with Gasteiger partial charge in [0.05, 0.1) is 29.9 Å². The maximum absolute atomic E-state index is 12.6. The topological polar surface area (TPSA) is 62.7 Å². The van der Waals surface area contributed by atoms with Crippen molar-refractivity contribution < 1.29 is 14.6 Å². The molecule has 2 aromatic rings. The third-order valence-corrected chi connectivity index (χ3v) is 5.54. The van der Waals surface area contributed by atoms with E-state index in [-0.39, 0.29) is 18.6 Å². The minimum atomic E-state index is -0.285. The van der Waals surface area contributed by atoms with Crippen LogP contribution in [0.25, 0.3) is 9.88 Å². The summed E-state index contributed by atoms with van der Waals surface area (Å²) in [5.41, 5.74) is 0.764. The summed E-state index contributed by atoms with van der Waals surface area (Å²) in [6.45, 7) is 3.26. The second-order valence-electron chi connectivity index (χ2n) is 4.84. The van der Waals surface area contributed by atoms with Gasteiger partial charge in [0.25, 0.3) is 5.91 Å². The maximum atomic E-state index is 12.6. The zero-order valence-electron chi connectivity index (χ0n) is 11.6. The number of thiazole rings is 1. The average Bonchev–Trinajstić information content (AvgIpc) is 3.16. The first-order valence-electron chi connectivity index (χ1n) is 6.72. The Labute approximate surface area is 130 Å². The van der Waals surface area contributed by atoms with Crippen molar-refractivity contribution in [1.82, 2.24) is 9.88 Å². The van der Waals surface area contributed by atoms with Crippen LogP contribution in [0.5, 0.6) is 0 Å². The van der Waals surface area contributed by atoms with Crippen LogP contribution in [0.3, 0.4) is 0 Å². The van der Waals surface area contributed by atoms with Crippen LogP contribution in [-0.4, -0.2) is 53.3 Å². The lowest BCUT2D eigenvalue weighted by atomic mass is 10.2. The van der Waals surface area contributed by atoms with Gasteiger partial charge in [-0.1, -0.05) is 6.07 Å². The Morgan fingerprint density at radius 1 is 1.62 bits per heavy atom. The number of aliphatic hydroxyl groups excluding tert-OH is 1. The van der Waals surface area contributed by atoms with E-state index in [1.165, 1.54) is 11.3 Å². The minimum Gasteiger partial charge on any atom is -0.394 e. The van der Waals surface area contributed by atoms with Gasteiger partial charge in [-0.25, -0.2) is 4.98 Å². The number of hydrogen-bond acceptors (Lipinski definition) is 6. The lowest BCUT2D eigenvalue weighted by Gasteiger charge is -2.31. The van der Waals surface area contributed by atoms with Gasteiger partial charge in [-0.2, -0.15) is 0 Å². The molecule has 1 amide bonds. The molecule has 0 bridgehead atoms. The molecule has 1 fully saturated rings. The Morgan fingerprint density at radius 3 is 3.19 bits per heavy atom. The van der Waals surface area contributed by atoms with Gasteiger partial charge in [0.15, 0.2) is 0 Å². The number of amides is 1. The molecule has 112 valence electrons. The van der Waals surface area contributed by atoms with Gasteiger partial charge >= 0.3 is 0 Å². The van der Waals surface area contributed by atoms with Crippen LogP contribution in [0, 0.1) is 6.92 Å². The number of aliphatic hydroxyl groups is 1. The first kappa shape index (κ1) is 14.6. The number of ether oxygens (including phenoxy) is 1. The van der Waals surface area contributed by atoms with Crippen molar-refractivity contribution in [2.24, 2.45) is 0 Å². The van der Waals surface area contributed by atoms with Crippen molar-refractivity contribution in [3.63, 3.8) is 0 Å². The van der Waals surface area contributed by atoms with Gasteiger partial charge in [-0.3, -0.25) is 4.79 Å². The van der Waals surface area contributed by atoms with E-state index in [0.717, 1.165) is 15.6 Å². The maximum Gasteiger partial charge on any atom is 0.266 e. The Kier molecular flexibility index (Phi) is 4.34. The summed E-state index contributed by atoms with van der Waals surface area (Å²) >= 11 is 3.05. The van der Waals surface area contributed by atoms with E-state index in [4.69, 9.17) is 4.74 Å². The molecule has 1 aliphatic rings. The van der Waals surface area contributed by atoms with Gasteiger partial charge in [-0.15, -0.1) is 22.7 Å². The third-order valence-electron chi connectivity index (χ3n) is 3.35. The van der Waals surface area contributed by atoms with Crippen LogP contribution in [0.4, 0.5) is 0 Å². The molecule has 0 saturated carbocycles. The zero-order chi connectivity index (χ0) is 14.8. The van der Waals surface area contributed by atoms with Crippen molar-refractivity contribution >= 4 is 28.6 Å². The molecule has 1 aliphatic heterocycles. The molecular weight excluding hydrogens is 308 g/mol. The fourth-order valence-electron chi connectivity index (χ4n) is 2.26. The Balaban J connectivity index is 1.81. The average molecular weight is 324 g/mol. The summed E-state index contributed by atoms with van der Waals surface area (Å²) in [6, 6.07) is 3.99. The summed E-state index contributed by atoms with van der Waals surface area (Å²) in [7, 11) is 0. The van der Waals surface area contributed by atoms with E-state index in [1.807, 2.05) is 24.4 Å². The summed E-state index contributed by atoms with van der Waals surface area (Å²) in [6.07, 6.45) is -0.285. The summed E-state index contributed by atoms with van der Waals surface area (Å²) in [4.78, 5) is 20.6. The highest BCUT2D eigenvalue weighted by Gasteiger charge is 2.27. The van der Waals surface area contributed by atoms with Crippen molar-refractivity contribution in [2.75, 3.05) is 26.3 Å². The molecular formula is C14H16N2O3S2. The van der Waals surface area contributed by atoms with Crippen LogP contribution in [0.15, 0.2) is 17.5 Å². The number of thiophene rings is 1. The normalized spacial score (nSPS) is 19.0. The molecule has 0 spiro atoms. The van der Waals surface area contributed by atoms with E-state index in [9.17, 15) is 9.90 Å². The summed E-state index contributed by atoms with van der Waals surface area (Å²) in [5, 5.41) is 12.1. The summed E-state index contributed by atoms with van der Waals surface area (Å²) in [5.74, 6) is -0.0189. The smallest absolute Gasteiger partial charge is 0.266 e. The van der Waals surface area contributed by atoms with Crippen LogP contribution in [0.1, 0.15) is 15.4 Å². The van der Waals surface area contributed by atoms with Crippen LogP contribution >= 0.6 is 22.7 Å². The van der Waals surface area contributed by atoms with Gasteiger partial charge in [0.1, 0.15) is 9.88 Å². The second-order valence-corrected chi connectivity index (χ2v) is 6.78. The fourth-order valence-corrected chi connectivity index (χ4v) is 4.09. The van der Waals surface area contributed by atoms with E-state index < -0.39 is 0 Å². The predicted octanol–water partition coefficient (Wildman–Crippen LogP) is 2.01. The molecule has 0 aliphatic carbocycles. The van der Waals surface area contributed by atoms with Gasteiger partial charge in [0.2, 0.25) is 0 Å². The Bertz CT molecular complexity index is 624. The number of rotatable bonds is 3. The van der Waals surface area contributed by atoms with Crippen molar-refractivity contribution in [3.8, 4) is 9.88 Å².